The van der Waals surface area contributed by atoms with Gasteiger partial charge in [-0.05, 0) is 12.1 Å². The maximum atomic E-state index is 10.2. The first-order chi connectivity index (χ1) is 5.90. The molecule has 0 saturated heterocycles. The van der Waals surface area contributed by atoms with Crippen LogP contribution in [0.1, 0.15) is 10.5 Å². The first-order valence-electron chi connectivity index (χ1n) is 3.36. The summed E-state index contributed by atoms with van der Waals surface area (Å²) in [4.78, 5) is 10.2. The number of nitrogens with zero attached hydrogens (tertiary/aromatic N) is 1. The third kappa shape index (κ3) is 1.03. The number of aromatic nitrogens is 1. The Bertz CT molecular complexity index is 375. The minimum Gasteiger partial charge on any atom is -0.461 e. The predicted molar refractivity (Wildman–Crippen MR) is 39.6 cm³/mol. The number of aldehydes is 1. The largest absolute Gasteiger partial charge is 0.461 e. The summed E-state index contributed by atoms with van der Waals surface area (Å²) in [5.74, 6) is 1.03. The van der Waals surface area contributed by atoms with Crippen molar-refractivity contribution in [3.05, 3.63) is 30.2 Å². The molecular weight excluding hydrogens is 158 g/mol. The summed E-state index contributed by atoms with van der Waals surface area (Å²) in [6.45, 7) is 0. The van der Waals surface area contributed by atoms with Crippen molar-refractivity contribution in [2.75, 3.05) is 0 Å². The van der Waals surface area contributed by atoms with Gasteiger partial charge in [0.15, 0.2) is 12.0 Å². The van der Waals surface area contributed by atoms with Gasteiger partial charge >= 0.3 is 0 Å². The van der Waals surface area contributed by atoms with Crippen molar-refractivity contribution in [1.82, 2.24) is 5.16 Å². The van der Waals surface area contributed by atoms with Crippen LogP contribution in [0.15, 0.2) is 33.4 Å². The smallest absolute Gasteiger partial charge is 0.202 e. The molecule has 2 rings (SSSR count). The van der Waals surface area contributed by atoms with E-state index in [9.17, 15) is 4.79 Å². The molecule has 0 aliphatic rings. The zero-order valence-corrected chi connectivity index (χ0v) is 6.06. The van der Waals surface area contributed by atoms with Crippen molar-refractivity contribution in [3.63, 3.8) is 0 Å². The molecule has 0 atom stereocenters. The Morgan fingerprint density at radius 1 is 1.42 bits per heavy atom. The van der Waals surface area contributed by atoms with Crippen molar-refractivity contribution >= 4 is 6.29 Å². The van der Waals surface area contributed by atoms with E-state index in [2.05, 4.69) is 5.16 Å². The molecule has 0 aromatic carbocycles. The molecule has 2 heterocycles. The predicted octanol–water partition coefficient (Wildman–Crippen LogP) is 1.75. The Balaban J connectivity index is 2.41. The van der Waals surface area contributed by atoms with Gasteiger partial charge in [-0.15, -0.1) is 0 Å². The topological polar surface area (TPSA) is 56.2 Å². The molecule has 4 heteroatoms. The van der Waals surface area contributed by atoms with Crippen molar-refractivity contribution in [2.24, 2.45) is 0 Å². The first kappa shape index (κ1) is 6.84. The maximum Gasteiger partial charge on any atom is 0.202 e. The third-order valence-corrected chi connectivity index (χ3v) is 1.41. The molecule has 0 radical (unpaired) electrons. The highest BCUT2D eigenvalue weighted by Gasteiger charge is 2.07. The van der Waals surface area contributed by atoms with Gasteiger partial charge in [-0.25, -0.2) is 0 Å². The summed E-state index contributed by atoms with van der Waals surface area (Å²) in [5, 5.41) is 3.49. The Morgan fingerprint density at radius 3 is 2.92 bits per heavy atom. The van der Waals surface area contributed by atoms with Crippen LogP contribution in [0.25, 0.3) is 11.5 Å². The molecule has 2 aromatic rings. The van der Waals surface area contributed by atoms with Gasteiger partial charge in [0.05, 0.1) is 6.26 Å². The molecule has 0 saturated carbocycles. The summed E-state index contributed by atoms with van der Waals surface area (Å²) >= 11 is 0. The van der Waals surface area contributed by atoms with E-state index in [0.29, 0.717) is 17.8 Å². The summed E-state index contributed by atoms with van der Waals surface area (Å²) in [6, 6.07) is 4.99. The van der Waals surface area contributed by atoms with Crippen LogP contribution >= 0.6 is 0 Å². The van der Waals surface area contributed by atoms with Crippen LogP contribution in [0, 0.1) is 0 Å². The monoisotopic (exact) mass is 163 g/mol. The van der Waals surface area contributed by atoms with Gasteiger partial charge in [0.25, 0.3) is 0 Å². The number of rotatable bonds is 2. The quantitative estimate of drug-likeness (QED) is 0.633. The third-order valence-electron chi connectivity index (χ3n) is 1.41. The number of hydrogen-bond acceptors (Lipinski definition) is 4. The number of carbonyl (C=O) groups excluding carboxylic acids is 1. The van der Waals surface area contributed by atoms with Crippen LogP contribution in [0.5, 0.6) is 0 Å². The summed E-state index contributed by atoms with van der Waals surface area (Å²) < 4.78 is 9.85. The van der Waals surface area contributed by atoms with E-state index < -0.39 is 0 Å². The first-order valence-corrected chi connectivity index (χ1v) is 3.36. The normalized spacial score (nSPS) is 10.0. The molecular formula is C8H5NO3. The van der Waals surface area contributed by atoms with Gasteiger partial charge in [0.1, 0.15) is 5.69 Å². The molecule has 60 valence electrons. The highest BCUT2D eigenvalue weighted by molar-refractivity contribution is 5.73. The van der Waals surface area contributed by atoms with Gasteiger partial charge in [-0.2, -0.15) is 0 Å². The van der Waals surface area contributed by atoms with Crippen molar-refractivity contribution in [2.45, 2.75) is 0 Å². The van der Waals surface area contributed by atoms with Crippen LogP contribution in [0.3, 0.4) is 0 Å². The van der Waals surface area contributed by atoms with Crippen molar-refractivity contribution < 1.29 is 13.7 Å². The van der Waals surface area contributed by atoms with Gasteiger partial charge in [-0.3, -0.25) is 4.79 Å². The fraction of sp³-hybridized carbons (Fsp3) is 0. The molecule has 0 amide bonds. The maximum absolute atomic E-state index is 10.2. The molecule has 2 aromatic heterocycles. The van der Waals surface area contributed by atoms with E-state index in [0.717, 1.165) is 0 Å². The second kappa shape index (κ2) is 2.65. The Kier molecular flexibility index (Phi) is 1.51. The Labute approximate surface area is 67.8 Å². The van der Waals surface area contributed by atoms with Crippen molar-refractivity contribution in [1.29, 1.82) is 0 Å². The summed E-state index contributed by atoms with van der Waals surface area (Å²) in [6.07, 6.45) is 2.15. The molecule has 0 aliphatic carbocycles. The van der Waals surface area contributed by atoms with E-state index in [-0.39, 0.29) is 5.69 Å². The van der Waals surface area contributed by atoms with Crippen LogP contribution in [-0.2, 0) is 0 Å². The lowest BCUT2D eigenvalue weighted by molar-refractivity contribution is 0.111. The number of carbonyl (C=O) groups is 1. The SMILES string of the molecule is O=Cc1cc(-c2ccco2)on1. The van der Waals surface area contributed by atoms with Crippen molar-refractivity contribution in [3.8, 4) is 11.5 Å². The van der Waals surface area contributed by atoms with Crippen LogP contribution in [-0.4, -0.2) is 11.4 Å². The highest BCUT2D eigenvalue weighted by Crippen LogP contribution is 2.19. The van der Waals surface area contributed by atoms with E-state index in [1.165, 1.54) is 12.3 Å². The molecule has 12 heavy (non-hydrogen) atoms. The minimum absolute atomic E-state index is 0.265. The number of hydrogen-bond donors (Lipinski definition) is 0. The van der Waals surface area contributed by atoms with E-state index >= 15 is 0 Å². The van der Waals surface area contributed by atoms with E-state index in [4.69, 9.17) is 8.94 Å². The average molecular weight is 163 g/mol. The molecule has 0 aliphatic heterocycles. The molecule has 0 fully saturated rings. The summed E-state index contributed by atoms with van der Waals surface area (Å²) in [5.41, 5.74) is 0.265. The lowest BCUT2D eigenvalue weighted by atomic mass is 10.3. The van der Waals surface area contributed by atoms with Crippen LogP contribution in [0.4, 0.5) is 0 Å². The zero-order chi connectivity index (χ0) is 8.39. The van der Waals surface area contributed by atoms with Gasteiger partial charge in [0, 0.05) is 6.07 Å². The van der Waals surface area contributed by atoms with Crippen LogP contribution in [0.2, 0.25) is 0 Å². The lowest BCUT2D eigenvalue weighted by Gasteiger charge is -1.82. The number of furan rings is 1. The average Bonchev–Trinajstić information content (AvgIpc) is 2.75. The van der Waals surface area contributed by atoms with Gasteiger partial charge in [-0.1, -0.05) is 5.16 Å². The fourth-order valence-electron chi connectivity index (χ4n) is 0.879. The Morgan fingerprint density at radius 2 is 2.33 bits per heavy atom. The second-order valence-corrected chi connectivity index (χ2v) is 2.21. The molecule has 0 bridgehead atoms. The Hall–Kier alpha value is -1.84. The van der Waals surface area contributed by atoms with Gasteiger partial charge < -0.3 is 8.94 Å². The summed E-state index contributed by atoms with van der Waals surface area (Å²) in [7, 11) is 0. The lowest BCUT2D eigenvalue weighted by Crippen LogP contribution is -1.72. The van der Waals surface area contributed by atoms with E-state index in [1.54, 1.807) is 12.1 Å². The molecule has 0 spiro atoms. The zero-order valence-electron chi connectivity index (χ0n) is 6.06. The standard InChI is InChI=1S/C8H5NO3/c10-5-6-4-8(12-9-6)7-2-1-3-11-7/h1-5H. The molecule has 0 N–H and O–H groups in total. The van der Waals surface area contributed by atoms with E-state index in [1.807, 2.05) is 0 Å². The highest BCUT2D eigenvalue weighted by atomic mass is 16.5. The fourth-order valence-corrected chi connectivity index (χ4v) is 0.879. The second-order valence-electron chi connectivity index (χ2n) is 2.21. The van der Waals surface area contributed by atoms with Crippen LogP contribution < -0.4 is 0 Å². The molecule has 0 unspecified atom stereocenters. The van der Waals surface area contributed by atoms with Gasteiger partial charge in [0.2, 0.25) is 5.76 Å². The molecule has 4 nitrogen and oxygen atoms in total. The minimum atomic E-state index is 0.265.